The third-order valence-electron chi connectivity index (χ3n) is 1.64. The Balaban J connectivity index is 2.96. The maximum Gasteiger partial charge on any atom is 0.0159 e. The number of nitrogens with one attached hydrogen (secondary N) is 1. The van der Waals surface area contributed by atoms with Crippen LogP contribution in [0.4, 0.5) is 0 Å². The second-order valence-electron chi connectivity index (χ2n) is 3.64. The molecule has 0 saturated carbocycles. The molecule has 0 aliphatic carbocycles. The van der Waals surface area contributed by atoms with Crippen LogP contribution >= 0.6 is 0 Å². The van der Waals surface area contributed by atoms with Gasteiger partial charge in [-0.2, -0.15) is 0 Å². The highest BCUT2D eigenvalue weighted by Gasteiger charge is 1.90. The monoisotopic (exact) mass is 170 g/mol. The van der Waals surface area contributed by atoms with E-state index in [2.05, 4.69) is 30.9 Å². The van der Waals surface area contributed by atoms with Crippen LogP contribution in [0, 0.1) is 0 Å². The van der Waals surface area contributed by atoms with Crippen LogP contribution in [-0.2, 0) is 0 Å². The Hall–Kier alpha value is -0.340. The van der Waals surface area contributed by atoms with Crippen molar-refractivity contribution in [2.24, 2.45) is 0 Å². The van der Waals surface area contributed by atoms with Crippen LogP contribution in [0.5, 0.6) is 0 Å². The molecule has 12 heavy (non-hydrogen) atoms. The molecule has 0 heterocycles. The Morgan fingerprint density at radius 3 is 2.50 bits per heavy atom. The number of hydrogen-bond donors (Lipinski definition) is 1. The summed E-state index contributed by atoms with van der Waals surface area (Å²) in [5.41, 5.74) is 1.21. The number of hydrogen-bond acceptors (Lipinski definition) is 2. The average molecular weight is 170 g/mol. The van der Waals surface area contributed by atoms with E-state index in [1.54, 1.807) is 0 Å². The van der Waals surface area contributed by atoms with E-state index < -0.39 is 0 Å². The highest BCUT2D eigenvalue weighted by molar-refractivity contribution is 4.90. The van der Waals surface area contributed by atoms with E-state index in [9.17, 15) is 0 Å². The van der Waals surface area contributed by atoms with Crippen LogP contribution in [0.25, 0.3) is 0 Å². The molecule has 0 aromatic heterocycles. The first kappa shape index (κ1) is 11.7. The van der Waals surface area contributed by atoms with Crippen molar-refractivity contribution < 1.29 is 0 Å². The first-order chi connectivity index (χ1) is 5.63. The molecule has 0 aromatic carbocycles. The van der Waals surface area contributed by atoms with Gasteiger partial charge in [0.15, 0.2) is 0 Å². The Bertz CT molecular complexity index is 119. The molecule has 0 aliphatic heterocycles. The smallest absolute Gasteiger partial charge is 0.0159 e. The van der Waals surface area contributed by atoms with Crippen LogP contribution in [0.2, 0.25) is 0 Å². The fourth-order valence-electron chi connectivity index (χ4n) is 0.980. The van der Waals surface area contributed by atoms with Crippen LogP contribution in [-0.4, -0.2) is 38.6 Å². The van der Waals surface area contributed by atoms with Crippen molar-refractivity contribution in [1.82, 2.24) is 10.2 Å². The first-order valence-corrected chi connectivity index (χ1v) is 4.62. The van der Waals surface area contributed by atoms with E-state index >= 15 is 0 Å². The normalized spacial score (nSPS) is 10.7. The summed E-state index contributed by atoms with van der Waals surface area (Å²) in [4.78, 5) is 2.22. The Kier molecular flexibility index (Phi) is 7.11. The molecular formula is C10H22N2. The highest BCUT2D eigenvalue weighted by Crippen LogP contribution is 1.89. The Morgan fingerprint density at radius 1 is 1.33 bits per heavy atom. The topological polar surface area (TPSA) is 15.3 Å². The zero-order chi connectivity index (χ0) is 9.40. The molecule has 0 amide bonds. The van der Waals surface area contributed by atoms with Crippen LogP contribution in [0.3, 0.4) is 0 Å². The third kappa shape index (κ3) is 9.66. The molecule has 0 aromatic rings. The van der Waals surface area contributed by atoms with Gasteiger partial charge in [-0.15, -0.1) is 0 Å². The van der Waals surface area contributed by atoms with Gasteiger partial charge in [-0.05, 0) is 47.0 Å². The Labute approximate surface area is 76.6 Å². The molecule has 0 saturated heterocycles. The van der Waals surface area contributed by atoms with Gasteiger partial charge in [0.1, 0.15) is 0 Å². The van der Waals surface area contributed by atoms with E-state index in [4.69, 9.17) is 0 Å². The highest BCUT2D eigenvalue weighted by atomic mass is 15.0. The fraction of sp³-hybridized carbons (Fsp3) is 0.800. The molecule has 0 atom stereocenters. The molecular weight excluding hydrogens is 148 g/mol. The minimum Gasteiger partial charge on any atom is -0.313 e. The van der Waals surface area contributed by atoms with Crippen LogP contribution < -0.4 is 5.32 Å². The predicted octanol–water partition coefficient (Wildman–Crippen LogP) is 1.49. The molecule has 0 radical (unpaired) electrons. The molecule has 0 spiro atoms. The van der Waals surface area contributed by atoms with Crippen molar-refractivity contribution in [3.8, 4) is 0 Å². The molecule has 72 valence electrons. The lowest BCUT2D eigenvalue weighted by atomic mass is 10.3. The molecule has 0 unspecified atom stereocenters. The lowest BCUT2D eigenvalue weighted by Gasteiger charge is -2.09. The molecule has 0 bridgehead atoms. The summed E-state index contributed by atoms with van der Waals surface area (Å²) in [7, 11) is 4.22. The van der Waals surface area contributed by atoms with Gasteiger partial charge >= 0.3 is 0 Å². The van der Waals surface area contributed by atoms with Gasteiger partial charge in [0.2, 0.25) is 0 Å². The van der Waals surface area contributed by atoms with E-state index in [0.29, 0.717) is 0 Å². The summed E-state index contributed by atoms with van der Waals surface area (Å²) in [5, 5.41) is 3.34. The summed E-state index contributed by atoms with van der Waals surface area (Å²) in [6.07, 6.45) is 2.53. The SMILES string of the molecule is C=C(C)CNCCCCN(C)C. The van der Waals surface area contributed by atoms with E-state index in [-0.39, 0.29) is 0 Å². The van der Waals surface area contributed by atoms with Crippen molar-refractivity contribution in [3.05, 3.63) is 12.2 Å². The maximum absolute atomic E-state index is 3.83. The molecule has 0 aliphatic rings. The summed E-state index contributed by atoms with van der Waals surface area (Å²) in [6, 6.07) is 0. The summed E-state index contributed by atoms with van der Waals surface area (Å²) in [5.74, 6) is 0. The van der Waals surface area contributed by atoms with E-state index in [1.165, 1.54) is 25.0 Å². The van der Waals surface area contributed by atoms with Crippen LogP contribution in [0.1, 0.15) is 19.8 Å². The standard InChI is InChI=1S/C10H22N2/c1-10(2)9-11-7-5-6-8-12(3)4/h11H,1,5-9H2,2-4H3. The van der Waals surface area contributed by atoms with Gasteiger partial charge in [-0.1, -0.05) is 12.2 Å². The predicted molar refractivity (Wildman–Crippen MR) is 55.5 cm³/mol. The van der Waals surface area contributed by atoms with Gasteiger partial charge in [0.05, 0.1) is 0 Å². The second-order valence-corrected chi connectivity index (χ2v) is 3.64. The van der Waals surface area contributed by atoms with Crippen molar-refractivity contribution in [2.75, 3.05) is 33.7 Å². The third-order valence-corrected chi connectivity index (χ3v) is 1.64. The number of unbranched alkanes of at least 4 members (excludes halogenated alkanes) is 1. The van der Waals surface area contributed by atoms with Crippen molar-refractivity contribution >= 4 is 0 Å². The lowest BCUT2D eigenvalue weighted by Crippen LogP contribution is -2.19. The van der Waals surface area contributed by atoms with Crippen molar-refractivity contribution in [1.29, 1.82) is 0 Å². The fourth-order valence-corrected chi connectivity index (χ4v) is 0.980. The van der Waals surface area contributed by atoms with Gasteiger partial charge in [-0.3, -0.25) is 0 Å². The first-order valence-electron chi connectivity index (χ1n) is 4.62. The maximum atomic E-state index is 3.83. The molecule has 2 nitrogen and oxygen atoms in total. The van der Waals surface area contributed by atoms with Crippen molar-refractivity contribution in [3.63, 3.8) is 0 Å². The summed E-state index contributed by atoms with van der Waals surface area (Å²) in [6.45, 7) is 9.14. The van der Waals surface area contributed by atoms with Crippen molar-refractivity contribution in [2.45, 2.75) is 19.8 Å². The minimum atomic E-state index is 0.960. The number of nitrogens with zero attached hydrogens (tertiary/aromatic N) is 1. The van der Waals surface area contributed by atoms with E-state index in [1.807, 2.05) is 6.92 Å². The average Bonchev–Trinajstić information content (AvgIpc) is 1.95. The van der Waals surface area contributed by atoms with Gasteiger partial charge in [0.25, 0.3) is 0 Å². The van der Waals surface area contributed by atoms with E-state index in [0.717, 1.165) is 13.1 Å². The molecule has 2 heteroatoms. The lowest BCUT2D eigenvalue weighted by molar-refractivity contribution is 0.392. The molecule has 0 fully saturated rings. The molecule has 0 rings (SSSR count). The van der Waals surface area contributed by atoms with Gasteiger partial charge < -0.3 is 10.2 Å². The molecule has 1 N–H and O–H groups in total. The van der Waals surface area contributed by atoms with Gasteiger partial charge in [0, 0.05) is 6.54 Å². The van der Waals surface area contributed by atoms with Gasteiger partial charge in [-0.25, -0.2) is 0 Å². The summed E-state index contributed by atoms with van der Waals surface area (Å²) >= 11 is 0. The Morgan fingerprint density at radius 2 is 2.00 bits per heavy atom. The van der Waals surface area contributed by atoms with Crippen LogP contribution in [0.15, 0.2) is 12.2 Å². The number of rotatable bonds is 7. The summed E-state index contributed by atoms with van der Waals surface area (Å²) < 4.78 is 0. The minimum absolute atomic E-state index is 0.960. The zero-order valence-electron chi connectivity index (χ0n) is 8.69. The largest absolute Gasteiger partial charge is 0.313 e. The zero-order valence-corrected chi connectivity index (χ0v) is 8.69. The second kappa shape index (κ2) is 7.32. The quantitative estimate of drug-likeness (QED) is 0.460.